The maximum Gasteiger partial charge on any atom is 0.231 e. The summed E-state index contributed by atoms with van der Waals surface area (Å²) >= 11 is 1.33. The first-order valence-electron chi connectivity index (χ1n) is 10.9. The minimum Gasteiger partial charge on any atom is -0.312 e. The number of carbonyl (C=O) groups is 2. The number of nitrogens with one attached hydrogen (secondary N) is 1. The molecule has 1 aromatic carbocycles. The van der Waals surface area contributed by atoms with Crippen LogP contribution in [-0.2, 0) is 32.6 Å². The molecule has 1 atom stereocenters. The van der Waals surface area contributed by atoms with E-state index in [9.17, 15) is 18.0 Å². The number of hydrogen-bond donors (Lipinski definition) is 1. The number of sulfonamides is 1. The zero-order valence-electron chi connectivity index (χ0n) is 18.1. The molecule has 170 valence electrons. The van der Waals surface area contributed by atoms with Gasteiger partial charge in [-0.25, -0.2) is 13.4 Å². The van der Waals surface area contributed by atoms with E-state index >= 15 is 0 Å². The normalized spacial score (nSPS) is 21.6. The van der Waals surface area contributed by atoms with Gasteiger partial charge in [-0.05, 0) is 49.9 Å². The van der Waals surface area contributed by atoms with E-state index in [-0.39, 0.29) is 23.5 Å². The van der Waals surface area contributed by atoms with E-state index in [1.165, 1.54) is 11.3 Å². The van der Waals surface area contributed by atoms with E-state index in [1.807, 2.05) is 32.0 Å². The lowest BCUT2D eigenvalue weighted by molar-refractivity contribution is -0.122. The van der Waals surface area contributed by atoms with Crippen LogP contribution in [-0.4, -0.2) is 47.9 Å². The van der Waals surface area contributed by atoms with Gasteiger partial charge in [0.15, 0.2) is 5.13 Å². The Morgan fingerprint density at radius 2 is 2.00 bits per heavy atom. The van der Waals surface area contributed by atoms with Gasteiger partial charge in [0.1, 0.15) is 0 Å². The van der Waals surface area contributed by atoms with Crippen LogP contribution in [0.2, 0.25) is 0 Å². The highest BCUT2D eigenvalue weighted by Crippen LogP contribution is 2.36. The Bertz CT molecular complexity index is 1200. The summed E-state index contributed by atoms with van der Waals surface area (Å²) in [5, 5.41) is 3.11. The molecule has 3 aliphatic rings. The maximum absolute atomic E-state index is 12.9. The molecule has 3 heterocycles. The van der Waals surface area contributed by atoms with Crippen LogP contribution in [0.5, 0.6) is 0 Å². The summed E-state index contributed by atoms with van der Waals surface area (Å²) in [5.74, 6) is -0.734. The molecule has 2 aliphatic heterocycles. The Labute approximate surface area is 191 Å². The quantitative estimate of drug-likeness (QED) is 0.718. The van der Waals surface area contributed by atoms with Crippen LogP contribution in [0.3, 0.4) is 0 Å². The molecule has 2 fully saturated rings. The summed E-state index contributed by atoms with van der Waals surface area (Å²) in [4.78, 5) is 32.5. The number of amides is 2. The molecule has 1 N–H and O–H groups in total. The molecule has 5 rings (SSSR count). The number of benzene rings is 1. The molecule has 2 amide bonds. The van der Waals surface area contributed by atoms with Gasteiger partial charge in [0, 0.05) is 43.0 Å². The third kappa shape index (κ3) is 3.95. The first kappa shape index (κ1) is 21.5. The lowest BCUT2D eigenvalue weighted by atomic mass is 10.1. The lowest BCUT2D eigenvalue weighted by Crippen LogP contribution is -2.37. The number of aryl methyl sites for hydroxylation is 2. The minimum atomic E-state index is -3.22. The summed E-state index contributed by atoms with van der Waals surface area (Å²) < 4.78 is 26.6. The number of anilines is 2. The second kappa shape index (κ2) is 7.93. The van der Waals surface area contributed by atoms with E-state index in [4.69, 9.17) is 0 Å². The fourth-order valence-corrected chi connectivity index (χ4v) is 7.17. The van der Waals surface area contributed by atoms with Gasteiger partial charge in [0.25, 0.3) is 0 Å². The van der Waals surface area contributed by atoms with Crippen LogP contribution in [0.4, 0.5) is 10.8 Å². The zero-order valence-corrected chi connectivity index (χ0v) is 19.8. The van der Waals surface area contributed by atoms with E-state index in [0.717, 1.165) is 40.2 Å². The van der Waals surface area contributed by atoms with Gasteiger partial charge >= 0.3 is 0 Å². The Morgan fingerprint density at radius 3 is 2.72 bits per heavy atom. The van der Waals surface area contributed by atoms with Crippen LogP contribution in [0.1, 0.15) is 41.0 Å². The van der Waals surface area contributed by atoms with Crippen molar-refractivity contribution < 1.29 is 18.0 Å². The SMILES string of the molecule is Cc1ccc(N2CC(C(=O)Nc3nc4c(s3)CN(S(=O)(=O)C3CC3)CC4)CC2=O)cc1C. The molecule has 1 saturated carbocycles. The summed E-state index contributed by atoms with van der Waals surface area (Å²) in [6, 6.07) is 5.87. The molecule has 1 saturated heterocycles. The smallest absolute Gasteiger partial charge is 0.231 e. The number of aromatic nitrogens is 1. The van der Waals surface area contributed by atoms with Crippen molar-refractivity contribution in [2.75, 3.05) is 23.3 Å². The first-order valence-corrected chi connectivity index (χ1v) is 13.2. The van der Waals surface area contributed by atoms with Gasteiger partial charge in [-0.2, -0.15) is 4.31 Å². The maximum atomic E-state index is 12.9. The monoisotopic (exact) mass is 474 g/mol. The molecule has 10 heteroatoms. The van der Waals surface area contributed by atoms with Gasteiger partial charge in [0.2, 0.25) is 21.8 Å². The highest BCUT2D eigenvalue weighted by atomic mass is 32.2. The van der Waals surface area contributed by atoms with Crippen LogP contribution in [0, 0.1) is 19.8 Å². The number of hydrogen-bond acceptors (Lipinski definition) is 6. The second-order valence-corrected chi connectivity index (χ2v) is 12.2. The number of carbonyl (C=O) groups excluding carboxylic acids is 2. The van der Waals surface area contributed by atoms with Gasteiger partial charge in [0.05, 0.1) is 16.9 Å². The predicted octanol–water partition coefficient (Wildman–Crippen LogP) is 2.60. The highest BCUT2D eigenvalue weighted by Gasteiger charge is 2.42. The molecule has 1 aromatic heterocycles. The first-order chi connectivity index (χ1) is 15.2. The number of fused-ring (bicyclic) bond motifs is 1. The van der Waals surface area contributed by atoms with Crippen molar-refractivity contribution in [3.05, 3.63) is 39.9 Å². The molecular weight excluding hydrogens is 448 g/mol. The Hall–Kier alpha value is -2.30. The number of thiazole rings is 1. The predicted molar refractivity (Wildman–Crippen MR) is 123 cm³/mol. The molecule has 0 spiro atoms. The van der Waals surface area contributed by atoms with Crippen molar-refractivity contribution in [3.8, 4) is 0 Å². The van der Waals surface area contributed by atoms with Crippen molar-refractivity contribution in [2.45, 2.75) is 51.3 Å². The number of nitrogens with zero attached hydrogens (tertiary/aromatic N) is 3. The molecule has 2 aromatic rings. The third-order valence-corrected chi connectivity index (χ3v) is 9.87. The highest BCUT2D eigenvalue weighted by molar-refractivity contribution is 7.90. The van der Waals surface area contributed by atoms with Crippen molar-refractivity contribution >= 4 is 44.0 Å². The average molecular weight is 475 g/mol. The summed E-state index contributed by atoms with van der Waals surface area (Å²) in [5.41, 5.74) is 3.93. The molecule has 1 aliphatic carbocycles. The topological polar surface area (TPSA) is 99.7 Å². The average Bonchev–Trinajstić information content (AvgIpc) is 3.44. The van der Waals surface area contributed by atoms with E-state index in [2.05, 4.69) is 10.3 Å². The summed E-state index contributed by atoms with van der Waals surface area (Å²) in [7, 11) is -3.22. The Balaban J connectivity index is 1.25. The van der Waals surface area contributed by atoms with Crippen LogP contribution < -0.4 is 10.2 Å². The number of rotatable bonds is 5. The third-order valence-electron chi connectivity index (χ3n) is 6.53. The van der Waals surface area contributed by atoms with Crippen LogP contribution in [0.15, 0.2) is 18.2 Å². The van der Waals surface area contributed by atoms with E-state index < -0.39 is 15.9 Å². The standard InChI is InChI=1S/C22H26N4O4S2/c1-13-3-4-16(9-14(13)2)26-11-15(10-20(26)27)21(28)24-22-23-18-7-8-25(12-19(18)31-22)32(29,30)17-5-6-17/h3-4,9,15,17H,5-8,10-12H2,1-2H3,(H,23,24,28). The molecule has 32 heavy (non-hydrogen) atoms. The second-order valence-electron chi connectivity index (χ2n) is 8.88. The van der Waals surface area contributed by atoms with Crippen LogP contribution in [0.25, 0.3) is 0 Å². The molecular formula is C22H26N4O4S2. The van der Waals surface area contributed by atoms with Gasteiger partial charge < -0.3 is 10.2 Å². The molecule has 1 unspecified atom stereocenters. The van der Waals surface area contributed by atoms with E-state index in [0.29, 0.717) is 31.2 Å². The van der Waals surface area contributed by atoms with Crippen molar-refractivity contribution in [1.82, 2.24) is 9.29 Å². The Morgan fingerprint density at radius 1 is 1.22 bits per heavy atom. The molecule has 8 nitrogen and oxygen atoms in total. The lowest BCUT2D eigenvalue weighted by Gasteiger charge is -2.25. The van der Waals surface area contributed by atoms with Crippen molar-refractivity contribution in [2.24, 2.45) is 5.92 Å². The van der Waals surface area contributed by atoms with E-state index in [1.54, 1.807) is 9.21 Å². The zero-order chi connectivity index (χ0) is 22.6. The largest absolute Gasteiger partial charge is 0.312 e. The molecule has 0 bridgehead atoms. The van der Waals surface area contributed by atoms with Crippen molar-refractivity contribution in [1.29, 1.82) is 0 Å². The van der Waals surface area contributed by atoms with Crippen LogP contribution >= 0.6 is 11.3 Å². The minimum absolute atomic E-state index is 0.0623. The fourth-order valence-electron chi connectivity index (χ4n) is 4.25. The fraction of sp³-hybridized carbons (Fsp3) is 0.500. The summed E-state index contributed by atoms with van der Waals surface area (Å²) in [6.07, 6.45) is 2.21. The Kier molecular flexibility index (Phi) is 5.34. The summed E-state index contributed by atoms with van der Waals surface area (Å²) in [6.45, 7) is 5.13. The molecule has 0 radical (unpaired) electrons. The van der Waals surface area contributed by atoms with Gasteiger partial charge in [-0.1, -0.05) is 6.07 Å². The van der Waals surface area contributed by atoms with Gasteiger partial charge in [-0.15, -0.1) is 11.3 Å². The van der Waals surface area contributed by atoms with Crippen molar-refractivity contribution in [3.63, 3.8) is 0 Å². The van der Waals surface area contributed by atoms with Gasteiger partial charge in [-0.3, -0.25) is 9.59 Å².